The van der Waals surface area contributed by atoms with Crippen LogP contribution in [0.3, 0.4) is 0 Å². The van der Waals surface area contributed by atoms with Gasteiger partial charge in [0.05, 0.1) is 0 Å². The third-order valence-corrected chi connectivity index (χ3v) is 6.85. The number of nitrogens with zero attached hydrogens (tertiary/aromatic N) is 1. The van der Waals surface area contributed by atoms with Crippen molar-refractivity contribution in [3.63, 3.8) is 0 Å². The minimum atomic E-state index is -2.40. The summed E-state index contributed by atoms with van der Waals surface area (Å²) in [4.78, 5) is 15.6. The van der Waals surface area contributed by atoms with E-state index in [-0.39, 0.29) is 11.5 Å². The van der Waals surface area contributed by atoms with Crippen molar-refractivity contribution >= 4 is 21.4 Å². The highest BCUT2D eigenvalue weighted by molar-refractivity contribution is 8.03. The summed E-state index contributed by atoms with van der Waals surface area (Å²) in [6.07, 6.45) is 6.37. The largest absolute Gasteiger partial charge is 0.372 e. The predicted octanol–water partition coefficient (Wildman–Crippen LogP) is 5.46. The third kappa shape index (κ3) is 6.31. The summed E-state index contributed by atoms with van der Waals surface area (Å²) in [7, 11) is -2.40. The minimum absolute atomic E-state index is 0.0474. The molecule has 0 saturated carbocycles. The molecule has 4 heteroatoms. The Kier molecular flexibility index (Phi) is 8.23. The van der Waals surface area contributed by atoms with Gasteiger partial charge in [-0.2, -0.15) is 0 Å². The summed E-state index contributed by atoms with van der Waals surface area (Å²) in [6.45, 7) is 6.50. The van der Waals surface area contributed by atoms with E-state index >= 15 is 0 Å². The second-order valence-electron chi connectivity index (χ2n) is 7.13. The van der Waals surface area contributed by atoms with E-state index in [0.717, 1.165) is 18.0 Å². The lowest BCUT2D eigenvalue weighted by atomic mass is 10.2. The lowest BCUT2D eigenvalue weighted by molar-refractivity contribution is 0.102. The van der Waals surface area contributed by atoms with Gasteiger partial charge in [0, 0.05) is 24.3 Å². The molecule has 0 saturated heterocycles. The summed E-state index contributed by atoms with van der Waals surface area (Å²) < 4.78 is 13.2. The van der Waals surface area contributed by atoms with Crippen molar-refractivity contribution in [1.29, 1.82) is 0 Å². The van der Waals surface area contributed by atoms with Crippen molar-refractivity contribution in [3.8, 4) is 0 Å². The summed E-state index contributed by atoms with van der Waals surface area (Å²) in [5.41, 5.74) is 1.79. The van der Waals surface area contributed by atoms with Crippen LogP contribution in [0, 0.1) is 0 Å². The molecule has 2 rings (SSSR count). The molecule has 1 atom stereocenters. The second-order valence-corrected chi connectivity index (χ2v) is 9.90. The van der Waals surface area contributed by atoms with Crippen molar-refractivity contribution in [2.24, 2.45) is 0 Å². The maximum Gasteiger partial charge on any atom is 0.212 e. The number of unbranched alkanes of at least 4 members (excludes halogenated alkanes) is 2. The maximum atomic E-state index is 13.2. The molecular weight excluding hydrogens is 354 g/mol. The van der Waals surface area contributed by atoms with Crippen LogP contribution < -0.4 is 4.90 Å². The normalized spacial score (nSPS) is 13.1. The Bertz CT molecular complexity index is 748. The van der Waals surface area contributed by atoms with E-state index in [1.807, 2.05) is 30.3 Å². The fourth-order valence-corrected chi connectivity index (χ4v) is 4.60. The molecule has 27 heavy (non-hydrogen) atoms. The standard InChI is InChI=1S/C23H32NO2S/c1-4-6-17-24(18-7-5-2)21-13-15-22(16-14-21)27(3,26)19-23(25)20-11-9-8-10-12-20/h8-16H,4-7,17-19H2,1-3H3/q+1. The Labute approximate surface area is 165 Å². The van der Waals surface area contributed by atoms with Gasteiger partial charge < -0.3 is 4.90 Å². The van der Waals surface area contributed by atoms with E-state index in [4.69, 9.17) is 0 Å². The van der Waals surface area contributed by atoms with Crippen LogP contribution in [0.2, 0.25) is 0 Å². The molecule has 2 aromatic rings. The zero-order valence-corrected chi connectivity index (χ0v) is 17.6. The number of anilines is 1. The van der Waals surface area contributed by atoms with Gasteiger partial charge in [-0.1, -0.05) is 61.2 Å². The van der Waals surface area contributed by atoms with Crippen molar-refractivity contribution < 1.29 is 9.00 Å². The van der Waals surface area contributed by atoms with Gasteiger partial charge in [-0.25, -0.2) is 0 Å². The van der Waals surface area contributed by atoms with E-state index in [1.54, 1.807) is 18.4 Å². The SMILES string of the molecule is CCCCN(CCCC)c1ccc([S+](C)(=O)CC(=O)c2ccccc2)cc1. The Morgan fingerprint density at radius 3 is 1.96 bits per heavy atom. The van der Waals surface area contributed by atoms with Gasteiger partial charge in [0.15, 0.2) is 10.6 Å². The highest BCUT2D eigenvalue weighted by atomic mass is 32.2. The van der Waals surface area contributed by atoms with Crippen LogP contribution in [0.25, 0.3) is 0 Å². The molecule has 0 aliphatic heterocycles. The van der Waals surface area contributed by atoms with Gasteiger partial charge in [-0.05, 0) is 37.1 Å². The summed E-state index contributed by atoms with van der Waals surface area (Å²) in [6, 6.07) is 17.1. The predicted molar refractivity (Wildman–Crippen MR) is 116 cm³/mol. The molecule has 0 radical (unpaired) electrons. The Balaban J connectivity index is 2.11. The first-order chi connectivity index (χ1) is 13.0. The Morgan fingerprint density at radius 2 is 1.44 bits per heavy atom. The Morgan fingerprint density at radius 1 is 0.889 bits per heavy atom. The van der Waals surface area contributed by atoms with Gasteiger partial charge in [0.25, 0.3) is 0 Å². The molecule has 0 amide bonds. The number of hydrogen-bond acceptors (Lipinski definition) is 3. The smallest absolute Gasteiger partial charge is 0.212 e. The van der Waals surface area contributed by atoms with E-state index in [9.17, 15) is 9.00 Å². The maximum absolute atomic E-state index is 13.2. The minimum Gasteiger partial charge on any atom is -0.372 e. The van der Waals surface area contributed by atoms with Gasteiger partial charge >= 0.3 is 0 Å². The van der Waals surface area contributed by atoms with Crippen LogP contribution in [-0.4, -0.2) is 30.9 Å². The van der Waals surface area contributed by atoms with Crippen LogP contribution in [0.1, 0.15) is 49.9 Å². The van der Waals surface area contributed by atoms with E-state index in [0.29, 0.717) is 5.56 Å². The molecule has 0 aliphatic carbocycles. The quantitative estimate of drug-likeness (QED) is 0.380. The number of ketones is 1. The molecule has 0 spiro atoms. The lowest BCUT2D eigenvalue weighted by Gasteiger charge is -2.24. The zero-order valence-electron chi connectivity index (χ0n) is 16.8. The molecule has 0 fully saturated rings. The van der Waals surface area contributed by atoms with Gasteiger partial charge in [0.2, 0.25) is 5.78 Å². The average molecular weight is 387 g/mol. The van der Waals surface area contributed by atoms with Crippen molar-refractivity contribution in [1.82, 2.24) is 0 Å². The first kappa shape index (κ1) is 21.4. The van der Waals surface area contributed by atoms with Gasteiger partial charge in [-0.3, -0.25) is 4.79 Å². The molecule has 3 nitrogen and oxygen atoms in total. The molecule has 146 valence electrons. The summed E-state index contributed by atoms with van der Waals surface area (Å²) >= 11 is 0. The van der Waals surface area contributed by atoms with Crippen LogP contribution >= 0.6 is 0 Å². The van der Waals surface area contributed by atoms with E-state index in [2.05, 4.69) is 30.9 Å². The van der Waals surface area contributed by atoms with Crippen LogP contribution in [0.5, 0.6) is 0 Å². The molecule has 1 unspecified atom stereocenters. The first-order valence-electron chi connectivity index (χ1n) is 9.88. The topological polar surface area (TPSA) is 37.4 Å². The van der Waals surface area contributed by atoms with Crippen molar-refractivity contribution in [2.75, 3.05) is 30.0 Å². The van der Waals surface area contributed by atoms with Crippen LogP contribution in [-0.2, 0) is 14.1 Å². The third-order valence-electron chi connectivity index (χ3n) is 4.77. The summed E-state index contributed by atoms with van der Waals surface area (Å²) in [5.74, 6) is -0.0224. The highest BCUT2D eigenvalue weighted by Gasteiger charge is 2.29. The molecule has 0 aromatic heterocycles. The first-order valence-corrected chi connectivity index (χ1v) is 12.0. The molecule has 0 N–H and O–H groups in total. The number of carbonyl (C=O) groups is 1. The number of rotatable bonds is 11. The van der Waals surface area contributed by atoms with Crippen LogP contribution in [0.15, 0.2) is 59.5 Å². The highest BCUT2D eigenvalue weighted by Crippen LogP contribution is 2.23. The lowest BCUT2D eigenvalue weighted by Crippen LogP contribution is -2.26. The average Bonchev–Trinajstić information content (AvgIpc) is 2.68. The van der Waals surface area contributed by atoms with E-state index < -0.39 is 9.93 Å². The zero-order chi connectivity index (χ0) is 19.7. The molecule has 2 aromatic carbocycles. The van der Waals surface area contributed by atoms with Crippen molar-refractivity contribution in [2.45, 2.75) is 44.4 Å². The van der Waals surface area contributed by atoms with Gasteiger partial charge in [0.1, 0.15) is 16.2 Å². The molecular formula is C23H32NO2S+. The number of hydrogen-bond donors (Lipinski definition) is 0. The fourth-order valence-electron chi connectivity index (χ4n) is 3.05. The fraction of sp³-hybridized carbons (Fsp3) is 0.435. The molecule has 0 heterocycles. The number of carbonyl (C=O) groups excluding carboxylic acids is 1. The van der Waals surface area contributed by atoms with Crippen molar-refractivity contribution in [3.05, 3.63) is 60.2 Å². The van der Waals surface area contributed by atoms with Crippen LogP contribution in [0.4, 0.5) is 5.69 Å². The van der Waals surface area contributed by atoms with E-state index in [1.165, 1.54) is 31.4 Å². The van der Waals surface area contributed by atoms with Gasteiger partial charge in [-0.15, -0.1) is 0 Å². The second kappa shape index (κ2) is 10.4. The summed E-state index contributed by atoms with van der Waals surface area (Å²) in [5, 5.41) is 0. The Hall–Kier alpha value is -1.94. The molecule has 0 bridgehead atoms. The number of Topliss-reactive ketones (excluding diaryl/α,β-unsaturated/α-hetero) is 1. The molecule has 0 aliphatic rings. The monoisotopic (exact) mass is 386 g/mol. The number of benzene rings is 2.